The van der Waals surface area contributed by atoms with Gasteiger partial charge in [-0.3, -0.25) is 13.9 Å². The minimum Gasteiger partial charge on any atom is -0.379 e. The standard InChI is InChI=1S/C27H32F3N7O3S/c1-35-10-6-21-19(17-35)7-12-39-14-15-40-13-11-36-18-20(16-32-36)25(38)31-8-2-4-23-26(41-27(28,29)30)37-9-3-5-22(33-21)24(37)34-23/h3,5,9,16,18-19,21,33H,6-8,10-15,17H2,1H3,(H,31,38)/t19-,21-/m0/s1. The van der Waals surface area contributed by atoms with E-state index in [2.05, 4.69) is 44.5 Å². The molecule has 0 aliphatic carbocycles. The Balaban J connectivity index is 1.44. The summed E-state index contributed by atoms with van der Waals surface area (Å²) in [6, 6.07) is 3.62. The number of nitrogens with zero attached hydrogens (tertiary/aromatic N) is 5. The van der Waals surface area contributed by atoms with Gasteiger partial charge in [-0.2, -0.15) is 18.3 Å². The normalized spacial score (nSPS) is 21.9. The van der Waals surface area contributed by atoms with Gasteiger partial charge in [0.25, 0.3) is 5.91 Å². The van der Waals surface area contributed by atoms with Crippen LogP contribution in [0.15, 0.2) is 35.7 Å². The summed E-state index contributed by atoms with van der Waals surface area (Å²) in [5.74, 6) is 5.37. The molecular formula is C27H32F3N7O3S. The highest BCUT2D eigenvalue weighted by Crippen LogP contribution is 2.39. The second-order valence-corrected chi connectivity index (χ2v) is 11.0. The highest BCUT2D eigenvalue weighted by molar-refractivity contribution is 8.00. The average Bonchev–Trinajstić information content (AvgIpc) is 3.54. The zero-order valence-electron chi connectivity index (χ0n) is 22.6. The lowest BCUT2D eigenvalue weighted by Gasteiger charge is -2.37. The molecule has 0 saturated carbocycles. The second-order valence-electron chi connectivity index (χ2n) is 9.98. The third-order valence-corrected chi connectivity index (χ3v) is 7.82. The number of piperidine rings is 1. The van der Waals surface area contributed by atoms with Crippen LogP contribution in [-0.4, -0.2) is 94.6 Å². The van der Waals surface area contributed by atoms with Crippen LogP contribution in [-0.2, 0) is 16.0 Å². The SMILES string of the molecule is CN1CC[C@@H]2Nc3cccn4c(SC(F)(F)F)c(nc34)C#CCNC(=O)c3cnn(c3)CCOCCOCC[C@H]2C1. The molecule has 0 radical (unpaired) electrons. The Bertz CT molecular complexity index is 1410. The van der Waals surface area contributed by atoms with Crippen LogP contribution < -0.4 is 10.6 Å². The number of rotatable bonds is 1. The van der Waals surface area contributed by atoms with Gasteiger partial charge in [0.2, 0.25) is 0 Å². The van der Waals surface area contributed by atoms with Crippen molar-refractivity contribution in [3.05, 3.63) is 42.0 Å². The molecule has 2 atom stereocenters. The fraction of sp³-hybridized carbons (Fsp3) is 0.519. The van der Waals surface area contributed by atoms with Gasteiger partial charge in [0, 0.05) is 43.3 Å². The molecule has 3 aromatic heterocycles. The summed E-state index contributed by atoms with van der Waals surface area (Å²) in [5, 5.41) is 10.3. The van der Waals surface area contributed by atoms with Crippen molar-refractivity contribution in [2.45, 2.75) is 36.0 Å². The van der Waals surface area contributed by atoms with E-state index in [-0.39, 0.29) is 41.0 Å². The lowest BCUT2D eigenvalue weighted by molar-refractivity contribution is -0.0330. The van der Waals surface area contributed by atoms with Crippen LogP contribution in [0, 0.1) is 17.8 Å². The maximum absolute atomic E-state index is 13.5. The van der Waals surface area contributed by atoms with Crippen molar-refractivity contribution in [3.63, 3.8) is 0 Å². The van der Waals surface area contributed by atoms with E-state index in [1.54, 1.807) is 23.1 Å². The van der Waals surface area contributed by atoms with Gasteiger partial charge in [0.1, 0.15) is 10.7 Å². The maximum atomic E-state index is 13.5. The lowest BCUT2D eigenvalue weighted by atomic mass is 9.89. The van der Waals surface area contributed by atoms with Gasteiger partial charge in [-0.1, -0.05) is 5.92 Å². The number of thioether (sulfide) groups is 1. The topological polar surface area (TPSA) is 98.0 Å². The summed E-state index contributed by atoms with van der Waals surface area (Å²) >= 11 is -0.255. The number of ether oxygens (including phenoxy) is 2. The Morgan fingerprint density at radius 3 is 2.80 bits per heavy atom. The molecule has 0 spiro atoms. The first-order valence-electron chi connectivity index (χ1n) is 13.4. The number of aromatic nitrogens is 4. The molecular weight excluding hydrogens is 559 g/mol. The number of fused-ring (bicyclic) bond motifs is 4. The Labute approximate surface area is 239 Å². The van der Waals surface area contributed by atoms with Crippen LogP contribution >= 0.6 is 11.8 Å². The van der Waals surface area contributed by atoms with Crippen LogP contribution in [0.5, 0.6) is 0 Å². The van der Waals surface area contributed by atoms with E-state index >= 15 is 0 Å². The Morgan fingerprint density at radius 2 is 1.98 bits per heavy atom. The summed E-state index contributed by atoms with van der Waals surface area (Å²) in [4.78, 5) is 19.3. The number of amides is 1. The van der Waals surface area contributed by atoms with Gasteiger partial charge in [0.15, 0.2) is 5.65 Å². The molecule has 3 aromatic rings. The minimum atomic E-state index is -4.53. The van der Waals surface area contributed by atoms with Crippen molar-refractivity contribution in [2.24, 2.45) is 5.92 Å². The Morgan fingerprint density at radius 1 is 1.15 bits per heavy atom. The number of carbonyl (C=O) groups excluding carboxylic acids is 1. The summed E-state index contributed by atoms with van der Waals surface area (Å²) < 4.78 is 55.2. The summed E-state index contributed by atoms with van der Waals surface area (Å²) in [7, 11) is 2.08. The van der Waals surface area contributed by atoms with E-state index in [1.807, 2.05) is 6.07 Å². The van der Waals surface area contributed by atoms with Gasteiger partial charge in [-0.05, 0) is 50.4 Å². The molecule has 0 unspecified atom stereocenters. The summed E-state index contributed by atoms with van der Waals surface area (Å²) in [5.41, 5.74) is -3.18. The van der Waals surface area contributed by atoms with Gasteiger partial charge in [-0.25, -0.2) is 4.98 Å². The molecule has 10 nitrogen and oxygen atoms in total. The maximum Gasteiger partial charge on any atom is 0.447 e. The molecule has 5 heterocycles. The monoisotopic (exact) mass is 591 g/mol. The molecule has 4 bridgehead atoms. The van der Waals surface area contributed by atoms with Crippen LogP contribution in [0.2, 0.25) is 0 Å². The van der Waals surface area contributed by atoms with Crippen molar-refractivity contribution in [2.75, 3.05) is 58.4 Å². The molecule has 1 fully saturated rings. The fourth-order valence-electron chi connectivity index (χ4n) is 5.02. The number of halogens is 3. The molecule has 1 amide bonds. The molecule has 2 aliphatic heterocycles. The zero-order valence-corrected chi connectivity index (χ0v) is 23.4. The van der Waals surface area contributed by atoms with Gasteiger partial charge in [0.05, 0.1) is 50.4 Å². The first-order chi connectivity index (χ1) is 19.8. The number of carbonyl (C=O) groups is 1. The lowest BCUT2D eigenvalue weighted by Crippen LogP contribution is -2.45. The minimum absolute atomic E-state index is 0.00429. The van der Waals surface area contributed by atoms with Crippen LogP contribution in [0.25, 0.3) is 5.65 Å². The fourth-order valence-corrected chi connectivity index (χ4v) is 5.67. The summed E-state index contributed by atoms with van der Waals surface area (Å²) in [6.45, 7) is 4.08. The number of anilines is 1. The van der Waals surface area contributed by atoms with E-state index in [0.717, 1.165) is 25.9 Å². The van der Waals surface area contributed by atoms with Gasteiger partial charge in [-0.15, -0.1) is 0 Å². The van der Waals surface area contributed by atoms with Crippen molar-refractivity contribution < 1.29 is 27.4 Å². The van der Waals surface area contributed by atoms with E-state index < -0.39 is 11.4 Å². The van der Waals surface area contributed by atoms with Crippen molar-refractivity contribution in [3.8, 4) is 11.8 Å². The molecule has 220 valence electrons. The van der Waals surface area contributed by atoms with E-state index in [4.69, 9.17) is 9.47 Å². The predicted octanol–water partition coefficient (Wildman–Crippen LogP) is 3.09. The quantitative estimate of drug-likeness (QED) is 0.329. The largest absolute Gasteiger partial charge is 0.447 e. The van der Waals surface area contributed by atoms with Crippen LogP contribution in [0.4, 0.5) is 18.9 Å². The van der Waals surface area contributed by atoms with Crippen molar-refractivity contribution in [1.29, 1.82) is 0 Å². The van der Waals surface area contributed by atoms with Crippen molar-refractivity contribution in [1.82, 2.24) is 29.4 Å². The zero-order chi connectivity index (χ0) is 28.8. The number of likely N-dealkylation sites (tertiary alicyclic amines) is 1. The smallest absolute Gasteiger partial charge is 0.379 e. The van der Waals surface area contributed by atoms with E-state index in [1.165, 1.54) is 10.6 Å². The van der Waals surface area contributed by atoms with E-state index in [9.17, 15) is 18.0 Å². The third-order valence-electron chi connectivity index (χ3n) is 7.01. The Hall–Kier alpha value is -3.25. The number of nitrogens with one attached hydrogen (secondary N) is 2. The van der Waals surface area contributed by atoms with Crippen LogP contribution in [0.3, 0.4) is 0 Å². The molecule has 2 aliphatic rings. The molecule has 1 saturated heterocycles. The van der Waals surface area contributed by atoms with Crippen molar-refractivity contribution >= 4 is 29.0 Å². The molecule has 0 aromatic carbocycles. The Kier molecular flexibility index (Phi) is 9.39. The molecule has 2 N–H and O–H groups in total. The highest BCUT2D eigenvalue weighted by atomic mass is 32.2. The highest BCUT2D eigenvalue weighted by Gasteiger charge is 2.34. The molecule has 14 heteroatoms. The number of hydrogen-bond donors (Lipinski definition) is 2. The van der Waals surface area contributed by atoms with Gasteiger partial charge >= 0.3 is 5.51 Å². The predicted molar refractivity (Wildman–Crippen MR) is 148 cm³/mol. The number of imidazole rings is 1. The number of hydrogen-bond acceptors (Lipinski definition) is 8. The first kappa shape index (κ1) is 29.2. The molecule has 5 rings (SSSR count). The third kappa shape index (κ3) is 7.73. The van der Waals surface area contributed by atoms with E-state index in [0.29, 0.717) is 49.9 Å². The number of alkyl halides is 3. The number of pyridine rings is 1. The first-order valence-corrected chi connectivity index (χ1v) is 14.3. The average molecular weight is 592 g/mol. The van der Waals surface area contributed by atoms with Crippen LogP contribution in [0.1, 0.15) is 28.9 Å². The molecule has 41 heavy (non-hydrogen) atoms. The van der Waals surface area contributed by atoms with Gasteiger partial charge < -0.3 is 25.0 Å². The second kappa shape index (κ2) is 13.2. The summed E-state index contributed by atoms with van der Waals surface area (Å²) in [6.07, 6.45) is 6.29.